The van der Waals surface area contributed by atoms with Gasteiger partial charge in [0.15, 0.2) is 5.69 Å². The molecule has 2 aromatic rings. The second-order valence-electron chi connectivity index (χ2n) is 5.26. The summed E-state index contributed by atoms with van der Waals surface area (Å²) >= 11 is 11.8. The normalized spacial score (nSPS) is 17.4. The lowest BCUT2D eigenvalue weighted by Crippen LogP contribution is -2.32. The van der Waals surface area contributed by atoms with Gasteiger partial charge in [-0.3, -0.25) is 9.48 Å². The third-order valence-electron chi connectivity index (χ3n) is 3.66. The minimum Gasteiger partial charge on any atom is -0.321 e. The lowest BCUT2D eigenvalue weighted by molar-refractivity contribution is 0.102. The lowest BCUT2D eigenvalue weighted by atomic mass is 10.1. The number of hydrogen-bond donors (Lipinski definition) is 2. The van der Waals surface area contributed by atoms with E-state index in [9.17, 15) is 4.79 Å². The third-order valence-corrected chi connectivity index (χ3v) is 4.40. The minimum atomic E-state index is -0.263. The van der Waals surface area contributed by atoms with E-state index >= 15 is 0 Å². The Balaban J connectivity index is 0.00000192. The molecule has 1 aliphatic rings. The highest BCUT2D eigenvalue weighted by Gasteiger charge is 2.17. The van der Waals surface area contributed by atoms with Crippen molar-refractivity contribution >= 4 is 47.2 Å². The van der Waals surface area contributed by atoms with Gasteiger partial charge in [0, 0.05) is 18.4 Å². The maximum absolute atomic E-state index is 12.2. The lowest BCUT2D eigenvalue weighted by Gasteiger charge is -2.22. The van der Waals surface area contributed by atoms with Crippen molar-refractivity contribution in [3.05, 3.63) is 46.2 Å². The van der Waals surface area contributed by atoms with Crippen LogP contribution in [0.1, 0.15) is 29.4 Å². The van der Waals surface area contributed by atoms with E-state index in [1.165, 1.54) is 0 Å². The van der Waals surface area contributed by atoms with Gasteiger partial charge in [-0.2, -0.15) is 5.10 Å². The summed E-state index contributed by atoms with van der Waals surface area (Å²) in [6, 6.07) is 6.99. The van der Waals surface area contributed by atoms with E-state index in [2.05, 4.69) is 15.7 Å². The standard InChI is InChI=1S/C15H16Cl2N4O.ClH/c16-12-4-3-10(8-13(12)17)19-15(22)14-5-7-21(20-14)11-2-1-6-18-9-11;/h3-5,7-8,11,18H,1-2,6,9H2,(H,19,22);1H. The van der Waals surface area contributed by atoms with E-state index in [1.807, 2.05) is 10.9 Å². The number of hydrogen-bond acceptors (Lipinski definition) is 3. The van der Waals surface area contributed by atoms with Crippen molar-refractivity contribution in [2.75, 3.05) is 18.4 Å². The van der Waals surface area contributed by atoms with Crippen LogP contribution in [0, 0.1) is 0 Å². The highest BCUT2D eigenvalue weighted by Crippen LogP contribution is 2.25. The third kappa shape index (κ3) is 4.38. The Hall–Kier alpha value is -1.27. The number of benzene rings is 1. The van der Waals surface area contributed by atoms with Crippen LogP contribution in [0.4, 0.5) is 5.69 Å². The molecule has 1 atom stereocenters. The Morgan fingerprint density at radius 3 is 2.83 bits per heavy atom. The number of halogens is 3. The largest absolute Gasteiger partial charge is 0.321 e. The SMILES string of the molecule is Cl.O=C(Nc1ccc(Cl)c(Cl)c1)c1ccn(C2CCCNC2)n1. The summed E-state index contributed by atoms with van der Waals surface area (Å²) < 4.78 is 1.86. The predicted octanol–water partition coefficient (Wildman–Crippen LogP) is 3.79. The summed E-state index contributed by atoms with van der Waals surface area (Å²) in [7, 11) is 0. The molecular formula is C15H17Cl3N4O. The molecule has 3 rings (SSSR count). The van der Waals surface area contributed by atoms with Gasteiger partial charge in [0.2, 0.25) is 0 Å². The Morgan fingerprint density at radius 1 is 1.30 bits per heavy atom. The topological polar surface area (TPSA) is 59.0 Å². The highest BCUT2D eigenvalue weighted by atomic mass is 35.5. The van der Waals surface area contributed by atoms with E-state index in [0.717, 1.165) is 25.9 Å². The first-order chi connectivity index (χ1) is 10.6. The van der Waals surface area contributed by atoms with Gasteiger partial charge in [-0.25, -0.2) is 0 Å². The second-order valence-corrected chi connectivity index (χ2v) is 6.08. The van der Waals surface area contributed by atoms with Gasteiger partial charge >= 0.3 is 0 Å². The zero-order chi connectivity index (χ0) is 15.5. The van der Waals surface area contributed by atoms with Crippen molar-refractivity contribution < 1.29 is 4.79 Å². The van der Waals surface area contributed by atoms with E-state index < -0.39 is 0 Å². The first kappa shape index (κ1) is 18.1. The summed E-state index contributed by atoms with van der Waals surface area (Å²) in [6.45, 7) is 1.93. The zero-order valence-corrected chi connectivity index (χ0v) is 14.6. The average molecular weight is 376 g/mol. The van der Waals surface area contributed by atoms with Crippen molar-refractivity contribution in [3.8, 4) is 0 Å². The van der Waals surface area contributed by atoms with Crippen molar-refractivity contribution in [1.29, 1.82) is 0 Å². The molecule has 0 aliphatic carbocycles. The molecule has 23 heavy (non-hydrogen) atoms. The molecule has 1 aromatic heterocycles. The van der Waals surface area contributed by atoms with Crippen molar-refractivity contribution in [2.24, 2.45) is 0 Å². The number of nitrogens with one attached hydrogen (secondary N) is 2. The summed E-state index contributed by atoms with van der Waals surface area (Å²) in [6.07, 6.45) is 4.04. The second kappa shape index (κ2) is 8.02. The number of amides is 1. The molecule has 1 amide bonds. The van der Waals surface area contributed by atoms with Crippen LogP contribution in [0.2, 0.25) is 10.0 Å². The summed E-state index contributed by atoms with van der Waals surface area (Å²) in [5.41, 5.74) is 0.977. The maximum atomic E-state index is 12.2. The maximum Gasteiger partial charge on any atom is 0.276 e. The molecule has 2 heterocycles. The quantitative estimate of drug-likeness (QED) is 0.858. The van der Waals surface area contributed by atoms with Crippen LogP contribution in [-0.4, -0.2) is 28.8 Å². The summed E-state index contributed by atoms with van der Waals surface area (Å²) in [4.78, 5) is 12.2. The van der Waals surface area contributed by atoms with Crippen LogP contribution in [0.3, 0.4) is 0 Å². The van der Waals surface area contributed by atoms with Gasteiger partial charge in [-0.1, -0.05) is 23.2 Å². The van der Waals surface area contributed by atoms with Gasteiger partial charge in [0.05, 0.1) is 16.1 Å². The van der Waals surface area contributed by atoms with Gasteiger partial charge in [0.1, 0.15) is 0 Å². The molecule has 1 aromatic carbocycles. The zero-order valence-electron chi connectivity index (χ0n) is 12.3. The molecule has 0 bridgehead atoms. The molecule has 1 saturated heterocycles. The van der Waals surface area contributed by atoms with Crippen LogP contribution in [0.5, 0.6) is 0 Å². The molecular weight excluding hydrogens is 359 g/mol. The number of carbonyl (C=O) groups excluding carboxylic acids is 1. The van der Waals surface area contributed by atoms with E-state index in [4.69, 9.17) is 23.2 Å². The van der Waals surface area contributed by atoms with Crippen LogP contribution in [0.15, 0.2) is 30.5 Å². The van der Waals surface area contributed by atoms with Crippen molar-refractivity contribution in [1.82, 2.24) is 15.1 Å². The average Bonchev–Trinajstić information content (AvgIpc) is 3.02. The molecule has 124 valence electrons. The first-order valence-electron chi connectivity index (χ1n) is 7.16. The van der Waals surface area contributed by atoms with E-state index in [1.54, 1.807) is 24.3 Å². The highest BCUT2D eigenvalue weighted by molar-refractivity contribution is 6.42. The molecule has 5 nitrogen and oxygen atoms in total. The molecule has 8 heteroatoms. The summed E-state index contributed by atoms with van der Waals surface area (Å²) in [5, 5.41) is 11.3. The van der Waals surface area contributed by atoms with Gasteiger partial charge in [-0.15, -0.1) is 12.4 Å². The Morgan fingerprint density at radius 2 is 2.13 bits per heavy atom. The van der Waals surface area contributed by atoms with Gasteiger partial charge in [-0.05, 0) is 43.7 Å². The molecule has 0 radical (unpaired) electrons. The number of piperidine rings is 1. The van der Waals surface area contributed by atoms with Crippen molar-refractivity contribution in [2.45, 2.75) is 18.9 Å². The van der Waals surface area contributed by atoms with Crippen molar-refractivity contribution in [3.63, 3.8) is 0 Å². The molecule has 0 saturated carbocycles. The van der Waals surface area contributed by atoms with Crippen LogP contribution >= 0.6 is 35.6 Å². The molecule has 0 spiro atoms. The molecule has 1 unspecified atom stereocenters. The fourth-order valence-electron chi connectivity index (χ4n) is 2.49. The Bertz CT molecular complexity index is 683. The fraction of sp³-hybridized carbons (Fsp3) is 0.333. The Kier molecular flexibility index (Phi) is 6.30. The number of anilines is 1. The number of aromatic nitrogens is 2. The van der Waals surface area contributed by atoms with Gasteiger partial charge < -0.3 is 10.6 Å². The first-order valence-corrected chi connectivity index (χ1v) is 7.91. The number of nitrogens with zero attached hydrogens (tertiary/aromatic N) is 2. The number of carbonyl (C=O) groups is 1. The minimum absolute atomic E-state index is 0. The van der Waals surface area contributed by atoms with Crippen LogP contribution < -0.4 is 10.6 Å². The number of rotatable bonds is 3. The fourth-order valence-corrected chi connectivity index (χ4v) is 2.79. The van der Waals surface area contributed by atoms with Crippen LogP contribution in [-0.2, 0) is 0 Å². The van der Waals surface area contributed by atoms with Gasteiger partial charge in [0.25, 0.3) is 5.91 Å². The predicted molar refractivity (Wildman–Crippen MR) is 95.0 cm³/mol. The Labute approximate surface area is 150 Å². The molecule has 2 N–H and O–H groups in total. The van der Waals surface area contributed by atoms with E-state index in [-0.39, 0.29) is 18.3 Å². The summed E-state index contributed by atoms with van der Waals surface area (Å²) in [5.74, 6) is -0.263. The van der Waals surface area contributed by atoms with Crippen LogP contribution in [0.25, 0.3) is 0 Å². The molecule has 1 fully saturated rings. The molecule has 1 aliphatic heterocycles. The van der Waals surface area contributed by atoms with E-state index in [0.29, 0.717) is 27.5 Å². The monoisotopic (exact) mass is 374 g/mol. The smallest absolute Gasteiger partial charge is 0.276 e.